The van der Waals surface area contributed by atoms with Crippen LogP contribution in [0.4, 0.5) is 5.69 Å². The molecule has 0 aliphatic carbocycles. The Balaban J connectivity index is 1.65. The second-order valence-corrected chi connectivity index (χ2v) is 6.64. The third-order valence-corrected chi connectivity index (χ3v) is 4.51. The average molecular weight is 368 g/mol. The van der Waals surface area contributed by atoms with Crippen molar-refractivity contribution >= 4 is 17.5 Å². The van der Waals surface area contributed by atoms with E-state index in [9.17, 15) is 9.59 Å². The molecule has 0 aromatic heterocycles. The van der Waals surface area contributed by atoms with Crippen LogP contribution in [-0.2, 0) is 16.0 Å². The minimum Gasteiger partial charge on any atom is -0.492 e. The number of carbonyl (C=O) groups is 2. The fraction of sp³-hybridized carbons (Fsp3) is 0.333. The number of methoxy groups -OCH3 is 1. The van der Waals surface area contributed by atoms with Crippen molar-refractivity contribution in [1.82, 2.24) is 5.32 Å². The highest BCUT2D eigenvalue weighted by Gasteiger charge is 2.26. The lowest BCUT2D eigenvalue weighted by atomic mass is 9.95. The van der Waals surface area contributed by atoms with Crippen LogP contribution in [0.15, 0.2) is 42.5 Å². The molecule has 0 fully saturated rings. The molecular formula is C21H24N2O4. The molecule has 1 aliphatic rings. The first-order valence-corrected chi connectivity index (χ1v) is 8.97. The third kappa shape index (κ3) is 4.86. The van der Waals surface area contributed by atoms with Gasteiger partial charge >= 0.3 is 0 Å². The van der Waals surface area contributed by atoms with Crippen molar-refractivity contribution in [3.63, 3.8) is 0 Å². The lowest BCUT2D eigenvalue weighted by Crippen LogP contribution is -2.38. The normalized spacial score (nSPS) is 15.4. The molecule has 142 valence electrons. The predicted octanol–water partition coefficient (Wildman–Crippen LogP) is 2.56. The van der Waals surface area contributed by atoms with Gasteiger partial charge in [-0.1, -0.05) is 17.7 Å². The van der Waals surface area contributed by atoms with Crippen molar-refractivity contribution in [1.29, 1.82) is 0 Å². The second-order valence-electron chi connectivity index (χ2n) is 6.64. The summed E-state index contributed by atoms with van der Waals surface area (Å²) in [5.41, 5.74) is 3.30. The maximum absolute atomic E-state index is 12.4. The summed E-state index contributed by atoms with van der Waals surface area (Å²) < 4.78 is 10.7. The Labute approximate surface area is 158 Å². The van der Waals surface area contributed by atoms with E-state index in [0.29, 0.717) is 37.4 Å². The molecule has 3 rings (SSSR count). The van der Waals surface area contributed by atoms with Crippen LogP contribution in [0.2, 0.25) is 0 Å². The summed E-state index contributed by atoms with van der Waals surface area (Å²) in [4.78, 5) is 24.6. The van der Waals surface area contributed by atoms with Crippen molar-refractivity contribution in [2.24, 2.45) is 5.92 Å². The molecule has 27 heavy (non-hydrogen) atoms. The summed E-state index contributed by atoms with van der Waals surface area (Å²) in [5, 5.41) is 5.75. The van der Waals surface area contributed by atoms with Gasteiger partial charge in [0.1, 0.15) is 12.4 Å². The molecule has 0 spiro atoms. The fourth-order valence-electron chi connectivity index (χ4n) is 2.97. The van der Waals surface area contributed by atoms with Crippen LogP contribution in [0.5, 0.6) is 5.75 Å². The maximum atomic E-state index is 12.4. The van der Waals surface area contributed by atoms with Crippen LogP contribution in [0.3, 0.4) is 0 Å². The summed E-state index contributed by atoms with van der Waals surface area (Å²) in [6.07, 6.45) is 0.572. The van der Waals surface area contributed by atoms with Gasteiger partial charge in [-0.2, -0.15) is 0 Å². The Morgan fingerprint density at radius 2 is 1.96 bits per heavy atom. The highest BCUT2D eigenvalue weighted by Crippen LogP contribution is 2.30. The minimum absolute atomic E-state index is 0.0493. The Morgan fingerprint density at radius 3 is 2.70 bits per heavy atom. The summed E-state index contributed by atoms with van der Waals surface area (Å²) >= 11 is 0. The first kappa shape index (κ1) is 18.9. The van der Waals surface area contributed by atoms with E-state index in [1.54, 1.807) is 19.2 Å². The Morgan fingerprint density at radius 1 is 1.19 bits per heavy atom. The predicted molar refractivity (Wildman–Crippen MR) is 103 cm³/mol. The van der Waals surface area contributed by atoms with Crippen LogP contribution >= 0.6 is 0 Å². The van der Waals surface area contributed by atoms with Crippen LogP contribution < -0.4 is 15.4 Å². The zero-order valence-electron chi connectivity index (χ0n) is 15.6. The number of ether oxygens (including phenoxy) is 2. The Bertz CT molecular complexity index is 817. The van der Waals surface area contributed by atoms with Gasteiger partial charge in [0.25, 0.3) is 5.91 Å². The first-order chi connectivity index (χ1) is 13.1. The Kier molecular flexibility index (Phi) is 6.08. The molecule has 6 heteroatoms. The minimum atomic E-state index is -0.252. The zero-order valence-corrected chi connectivity index (χ0v) is 15.6. The van der Waals surface area contributed by atoms with E-state index >= 15 is 0 Å². The number of anilines is 1. The van der Waals surface area contributed by atoms with Gasteiger partial charge in [0.2, 0.25) is 5.91 Å². The van der Waals surface area contributed by atoms with Gasteiger partial charge in [0.15, 0.2) is 0 Å². The van der Waals surface area contributed by atoms with Crippen molar-refractivity contribution in [3.05, 3.63) is 59.2 Å². The molecule has 1 heterocycles. The number of hydrogen-bond donors (Lipinski definition) is 2. The van der Waals surface area contributed by atoms with Crippen LogP contribution in [0, 0.1) is 12.8 Å². The maximum Gasteiger partial charge on any atom is 0.255 e. The quantitative estimate of drug-likeness (QED) is 0.769. The highest BCUT2D eigenvalue weighted by molar-refractivity contribution is 6.04. The van der Waals surface area contributed by atoms with Gasteiger partial charge in [-0.25, -0.2) is 0 Å². The molecule has 0 unspecified atom stereocenters. The average Bonchev–Trinajstić information content (AvgIpc) is 2.68. The zero-order chi connectivity index (χ0) is 19.2. The number of amides is 2. The van der Waals surface area contributed by atoms with Gasteiger partial charge in [-0.3, -0.25) is 9.59 Å². The molecule has 1 aliphatic heterocycles. The molecule has 2 amide bonds. The molecule has 0 bridgehead atoms. The molecule has 0 saturated carbocycles. The number of rotatable bonds is 6. The summed E-state index contributed by atoms with van der Waals surface area (Å²) in [5.74, 6) is 0.286. The van der Waals surface area contributed by atoms with E-state index in [0.717, 1.165) is 16.9 Å². The van der Waals surface area contributed by atoms with Gasteiger partial charge in [0.05, 0.1) is 12.5 Å². The topological polar surface area (TPSA) is 76.7 Å². The number of nitrogens with one attached hydrogen (secondary N) is 2. The summed E-state index contributed by atoms with van der Waals surface area (Å²) in [6.45, 7) is 3.28. The standard InChI is InChI=1S/C21H24N2O4/c1-14-3-5-15(6-4-14)21(25)23-18-7-8-19-16(12-18)11-17(13-27-19)20(24)22-9-10-26-2/h3-8,12,17H,9-11,13H2,1-2H3,(H,22,24)(H,23,25)/t17-/m1/s1. The SMILES string of the molecule is COCCNC(=O)[C@H]1COc2ccc(NC(=O)c3ccc(C)cc3)cc2C1. The smallest absolute Gasteiger partial charge is 0.255 e. The Hall–Kier alpha value is -2.86. The van der Waals surface area contributed by atoms with Gasteiger partial charge in [0, 0.05) is 24.9 Å². The molecule has 6 nitrogen and oxygen atoms in total. The number of carbonyl (C=O) groups excluding carboxylic acids is 2. The van der Waals surface area contributed by atoms with E-state index in [4.69, 9.17) is 9.47 Å². The van der Waals surface area contributed by atoms with Crippen LogP contribution in [-0.4, -0.2) is 38.7 Å². The summed E-state index contributed by atoms with van der Waals surface area (Å²) in [6, 6.07) is 12.9. The number of fused-ring (bicyclic) bond motifs is 1. The number of benzene rings is 2. The van der Waals surface area contributed by atoms with Crippen molar-refractivity contribution in [2.75, 3.05) is 32.2 Å². The van der Waals surface area contributed by atoms with E-state index in [2.05, 4.69) is 10.6 Å². The van der Waals surface area contributed by atoms with Gasteiger partial charge in [-0.15, -0.1) is 0 Å². The number of aryl methyl sites for hydroxylation is 1. The monoisotopic (exact) mass is 368 g/mol. The first-order valence-electron chi connectivity index (χ1n) is 8.97. The molecule has 1 atom stereocenters. The van der Waals surface area contributed by atoms with Crippen molar-refractivity contribution in [3.8, 4) is 5.75 Å². The van der Waals surface area contributed by atoms with Crippen molar-refractivity contribution < 1.29 is 19.1 Å². The molecular weight excluding hydrogens is 344 g/mol. The van der Waals surface area contributed by atoms with E-state index in [1.165, 1.54) is 0 Å². The summed E-state index contributed by atoms with van der Waals surface area (Å²) in [7, 11) is 1.60. The molecule has 0 radical (unpaired) electrons. The lowest BCUT2D eigenvalue weighted by Gasteiger charge is -2.25. The number of hydrogen-bond acceptors (Lipinski definition) is 4. The van der Waals surface area contributed by atoms with E-state index in [1.807, 2.05) is 37.3 Å². The van der Waals surface area contributed by atoms with Gasteiger partial charge in [-0.05, 0) is 49.2 Å². The lowest BCUT2D eigenvalue weighted by molar-refractivity contribution is -0.126. The van der Waals surface area contributed by atoms with E-state index in [-0.39, 0.29) is 17.7 Å². The van der Waals surface area contributed by atoms with Gasteiger partial charge < -0.3 is 20.1 Å². The highest BCUT2D eigenvalue weighted by atomic mass is 16.5. The largest absolute Gasteiger partial charge is 0.492 e. The van der Waals surface area contributed by atoms with Crippen LogP contribution in [0.25, 0.3) is 0 Å². The van der Waals surface area contributed by atoms with Crippen molar-refractivity contribution in [2.45, 2.75) is 13.3 Å². The molecule has 0 saturated heterocycles. The fourth-order valence-corrected chi connectivity index (χ4v) is 2.97. The second kappa shape index (κ2) is 8.68. The van der Waals surface area contributed by atoms with E-state index < -0.39 is 0 Å². The van der Waals surface area contributed by atoms with Crippen LogP contribution in [0.1, 0.15) is 21.5 Å². The third-order valence-electron chi connectivity index (χ3n) is 4.51. The molecule has 2 N–H and O–H groups in total. The molecule has 2 aromatic rings. The molecule has 2 aromatic carbocycles.